The Morgan fingerprint density at radius 3 is 2.47 bits per heavy atom. The van der Waals surface area contributed by atoms with Crippen molar-refractivity contribution in [1.29, 1.82) is 0 Å². The number of esters is 1. The molecule has 17 heavy (non-hydrogen) atoms. The minimum absolute atomic E-state index is 0.0507. The molecule has 0 bridgehead atoms. The van der Waals surface area contributed by atoms with Crippen molar-refractivity contribution in [2.75, 3.05) is 12.5 Å². The Balaban J connectivity index is 3.38. The molecule has 0 aliphatic heterocycles. The molecule has 0 radical (unpaired) electrons. The smallest absolute Gasteiger partial charge is 0.320 e. The summed E-state index contributed by atoms with van der Waals surface area (Å²) >= 11 is 5.52. The third kappa shape index (κ3) is 10.1. The van der Waals surface area contributed by atoms with Crippen LogP contribution in [0.1, 0.15) is 38.5 Å². The van der Waals surface area contributed by atoms with Gasteiger partial charge in [0.05, 0.1) is 6.61 Å². The minimum Gasteiger partial charge on any atom is -0.480 e. The molecule has 6 heteroatoms. The Labute approximate surface area is 106 Å². The molecular weight excluding hydrogens is 246 g/mol. The second-order valence-electron chi connectivity index (χ2n) is 3.81. The van der Waals surface area contributed by atoms with Crippen molar-refractivity contribution < 1.29 is 19.4 Å². The summed E-state index contributed by atoms with van der Waals surface area (Å²) in [7, 11) is 0. The number of alkyl halides is 1. The van der Waals surface area contributed by atoms with E-state index < -0.39 is 12.0 Å². The number of aliphatic carboxylic acids is 1. The molecule has 0 spiro atoms. The Morgan fingerprint density at radius 2 is 1.88 bits per heavy atom. The van der Waals surface area contributed by atoms with Gasteiger partial charge in [-0.05, 0) is 19.3 Å². The van der Waals surface area contributed by atoms with Gasteiger partial charge in [0.2, 0.25) is 0 Å². The fourth-order valence-corrected chi connectivity index (χ4v) is 1.39. The van der Waals surface area contributed by atoms with E-state index in [2.05, 4.69) is 0 Å². The van der Waals surface area contributed by atoms with Crippen LogP contribution in [0.2, 0.25) is 0 Å². The van der Waals surface area contributed by atoms with E-state index in [9.17, 15) is 9.59 Å². The first-order valence-corrected chi connectivity index (χ1v) is 6.31. The Hall–Kier alpha value is -0.810. The fraction of sp³-hybridized carbons (Fsp3) is 0.818. The molecule has 0 heterocycles. The number of hydrogen-bond acceptors (Lipinski definition) is 4. The van der Waals surface area contributed by atoms with E-state index in [1.807, 2.05) is 0 Å². The lowest BCUT2D eigenvalue weighted by atomic mass is 10.2. The summed E-state index contributed by atoms with van der Waals surface area (Å²) in [5.41, 5.74) is 5.25. The summed E-state index contributed by atoms with van der Waals surface area (Å²) in [5.74, 6) is -0.828. The predicted molar refractivity (Wildman–Crippen MR) is 65.0 cm³/mol. The van der Waals surface area contributed by atoms with Crippen LogP contribution >= 0.6 is 11.6 Å². The van der Waals surface area contributed by atoms with Crippen LogP contribution in [0, 0.1) is 0 Å². The van der Waals surface area contributed by atoms with Gasteiger partial charge in [-0.25, -0.2) is 0 Å². The number of carbonyl (C=O) groups excluding carboxylic acids is 1. The lowest BCUT2D eigenvalue weighted by molar-refractivity contribution is -0.144. The van der Waals surface area contributed by atoms with Crippen LogP contribution in [0.5, 0.6) is 0 Å². The first kappa shape index (κ1) is 16.2. The van der Waals surface area contributed by atoms with Crippen LogP contribution in [-0.4, -0.2) is 35.6 Å². The molecule has 5 nitrogen and oxygen atoms in total. The number of carboxylic acid groups (broad SMARTS) is 1. The van der Waals surface area contributed by atoms with Gasteiger partial charge in [0.25, 0.3) is 0 Å². The van der Waals surface area contributed by atoms with Crippen molar-refractivity contribution in [2.24, 2.45) is 5.73 Å². The van der Waals surface area contributed by atoms with Crippen LogP contribution in [-0.2, 0) is 14.3 Å². The van der Waals surface area contributed by atoms with Crippen molar-refractivity contribution in [3.63, 3.8) is 0 Å². The number of carboxylic acids is 1. The molecule has 1 atom stereocenters. The first-order valence-electron chi connectivity index (χ1n) is 5.78. The van der Waals surface area contributed by atoms with Gasteiger partial charge in [0.1, 0.15) is 6.04 Å². The van der Waals surface area contributed by atoms with Crippen molar-refractivity contribution in [3.8, 4) is 0 Å². The molecule has 0 aromatic rings. The topological polar surface area (TPSA) is 89.6 Å². The second kappa shape index (κ2) is 10.4. The van der Waals surface area contributed by atoms with Gasteiger partial charge in [-0.15, -0.1) is 11.6 Å². The van der Waals surface area contributed by atoms with Crippen LogP contribution in [0.15, 0.2) is 0 Å². The van der Waals surface area contributed by atoms with Crippen molar-refractivity contribution >= 4 is 23.5 Å². The maximum Gasteiger partial charge on any atom is 0.320 e. The molecule has 1 unspecified atom stereocenters. The van der Waals surface area contributed by atoms with E-state index in [0.29, 0.717) is 12.5 Å². The second-order valence-corrected chi connectivity index (χ2v) is 4.19. The Morgan fingerprint density at radius 1 is 1.24 bits per heavy atom. The largest absolute Gasteiger partial charge is 0.480 e. The molecule has 0 saturated heterocycles. The zero-order valence-corrected chi connectivity index (χ0v) is 10.6. The summed E-state index contributed by atoms with van der Waals surface area (Å²) in [6.45, 7) is 0.378. The van der Waals surface area contributed by atoms with Gasteiger partial charge in [-0.3, -0.25) is 9.59 Å². The number of rotatable bonds is 10. The molecule has 0 aliphatic rings. The fourth-order valence-electron chi connectivity index (χ4n) is 1.21. The standard InChI is InChI=1S/C11H20ClNO4/c12-7-3-1-2-4-8-17-10(14)6-5-9(13)11(15)16/h9H,1-8,13H2,(H,15,16). The van der Waals surface area contributed by atoms with Crippen LogP contribution < -0.4 is 5.73 Å². The Kier molecular flexibility index (Phi) is 9.86. The van der Waals surface area contributed by atoms with E-state index in [1.165, 1.54) is 0 Å². The number of unbranched alkanes of at least 4 members (excludes halogenated alkanes) is 3. The predicted octanol–water partition coefficient (Wildman–Crippen LogP) is 1.52. The zero-order chi connectivity index (χ0) is 13.1. The summed E-state index contributed by atoms with van der Waals surface area (Å²) in [6, 6.07) is -0.994. The normalized spacial score (nSPS) is 12.1. The summed E-state index contributed by atoms with van der Waals surface area (Å²) in [4.78, 5) is 21.6. The van der Waals surface area contributed by atoms with E-state index >= 15 is 0 Å². The molecule has 0 aromatic heterocycles. The van der Waals surface area contributed by atoms with Gasteiger partial charge in [-0.1, -0.05) is 12.8 Å². The molecule has 0 fully saturated rings. The highest BCUT2D eigenvalue weighted by Gasteiger charge is 2.13. The number of hydrogen-bond donors (Lipinski definition) is 2. The number of nitrogens with two attached hydrogens (primary N) is 1. The van der Waals surface area contributed by atoms with E-state index in [1.54, 1.807) is 0 Å². The maximum absolute atomic E-state index is 11.2. The van der Waals surface area contributed by atoms with Gasteiger partial charge in [0.15, 0.2) is 0 Å². The third-order valence-corrected chi connectivity index (χ3v) is 2.53. The monoisotopic (exact) mass is 265 g/mol. The number of carbonyl (C=O) groups is 2. The van der Waals surface area contributed by atoms with Gasteiger partial charge in [-0.2, -0.15) is 0 Å². The van der Waals surface area contributed by atoms with E-state index in [-0.39, 0.29) is 18.8 Å². The minimum atomic E-state index is -1.10. The van der Waals surface area contributed by atoms with E-state index in [4.69, 9.17) is 27.2 Å². The molecule has 0 amide bonds. The molecule has 0 aromatic carbocycles. The quantitative estimate of drug-likeness (QED) is 0.355. The van der Waals surface area contributed by atoms with Gasteiger partial charge >= 0.3 is 11.9 Å². The van der Waals surface area contributed by atoms with Crippen LogP contribution in [0.25, 0.3) is 0 Å². The summed E-state index contributed by atoms with van der Waals surface area (Å²) < 4.78 is 4.93. The van der Waals surface area contributed by atoms with Crippen molar-refractivity contribution in [2.45, 2.75) is 44.6 Å². The highest BCUT2D eigenvalue weighted by molar-refractivity contribution is 6.17. The highest BCUT2D eigenvalue weighted by atomic mass is 35.5. The van der Waals surface area contributed by atoms with Crippen LogP contribution in [0.3, 0.4) is 0 Å². The molecular formula is C11H20ClNO4. The lowest BCUT2D eigenvalue weighted by Crippen LogP contribution is -2.30. The first-order chi connectivity index (χ1) is 8.07. The zero-order valence-electron chi connectivity index (χ0n) is 9.86. The molecule has 0 aliphatic carbocycles. The van der Waals surface area contributed by atoms with Crippen LogP contribution in [0.4, 0.5) is 0 Å². The van der Waals surface area contributed by atoms with Crippen molar-refractivity contribution in [3.05, 3.63) is 0 Å². The average Bonchev–Trinajstić information content (AvgIpc) is 2.30. The molecule has 0 saturated carbocycles. The average molecular weight is 266 g/mol. The molecule has 3 N–H and O–H groups in total. The summed E-state index contributed by atoms with van der Waals surface area (Å²) in [6.07, 6.45) is 3.96. The van der Waals surface area contributed by atoms with Gasteiger partial charge < -0.3 is 15.6 Å². The van der Waals surface area contributed by atoms with Crippen molar-refractivity contribution in [1.82, 2.24) is 0 Å². The van der Waals surface area contributed by atoms with E-state index in [0.717, 1.165) is 25.7 Å². The molecule has 100 valence electrons. The summed E-state index contributed by atoms with van der Waals surface area (Å²) in [5, 5.41) is 8.50. The number of halogens is 1. The molecule has 0 rings (SSSR count). The Bertz CT molecular complexity index is 236. The van der Waals surface area contributed by atoms with Gasteiger partial charge in [0, 0.05) is 12.3 Å². The lowest BCUT2D eigenvalue weighted by Gasteiger charge is -2.06. The third-order valence-electron chi connectivity index (χ3n) is 2.27. The highest BCUT2D eigenvalue weighted by Crippen LogP contribution is 2.03. The SMILES string of the molecule is NC(CCC(=O)OCCCCCCCl)C(=O)O. The maximum atomic E-state index is 11.2. The number of ether oxygens (including phenoxy) is 1.